The lowest BCUT2D eigenvalue weighted by atomic mass is 10.2. The molecule has 2 rings (SSSR count). The van der Waals surface area contributed by atoms with Gasteiger partial charge in [-0.2, -0.15) is 0 Å². The van der Waals surface area contributed by atoms with E-state index in [0.29, 0.717) is 37.4 Å². The Hall–Kier alpha value is -1.95. The van der Waals surface area contributed by atoms with Crippen molar-refractivity contribution < 1.29 is 14.0 Å². The Balaban J connectivity index is 2.03. The van der Waals surface area contributed by atoms with Gasteiger partial charge in [-0.25, -0.2) is 4.39 Å². The van der Waals surface area contributed by atoms with Gasteiger partial charge in [-0.3, -0.25) is 9.59 Å². The van der Waals surface area contributed by atoms with E-state index in [1.807, 2.05) is 0 Å². The fourth-order valence-electron chi connectivity index (χ4n) is 1.92. The zero-order valence-electron chi connectivity index (χ0n) is 10.7. The molecule has 1 fully saturated rings. The van der Waals surface area contributed by atoms with Gasteiger partial charge < -0.3 is 15.5 Å². The number of hydrogen-bond donors (Lipinski definition) is 2. The molecule has 2 N–H and O–H groups in total. The molecule has 0 unspecified atom stereocenters. The molecule has 1 saturated heterocycles. The van der Waals surface area contributed by atoms with Gasteiger partial charge in [0, 0.05) is 31.9 Å². The Kier molecular flexibility index (Phi) is 4.11. The molecular weight excluding hydrogens is 249 g/mol. The molecule has 1 aromatic carbocycles. The molecule has 1 aliphatic heterocycles. The van der Waals surface area contributed by atoms with E-state index < -0.39 is 17.6 Å². The van der Waals surface area contributed by atoms with Gasteiger partial charge in [-0.1, -0.05) is 6.07 Å². The Morgan fingerprint density at radius 2 is 2.00 bits per heavy atom. The Morgan fingerprint density at radius 3 is 2.68 bits per heavy atom. The Bertz CT molecular complexity index is 499. The van der Waals surface area contributed by atoms with Crippen LogP contribution in [0.25, 0.3) is 0 Å². The molecule has 0 saturated carbocycles. The summed E-state index contributed by atoms with van der Waals surface area (Å²) in [6, 6.07) is 4.07. The van der Waals surface area contributed by atoms with Crippen LogP contribution < -0.4 is 10.6 Å². The largest absolute Gasteiger partial charge is 0.332 e. The predicted molar refractivity (Wildman–Crippen MR) is 69.2 cm³/mol. The van der Waals surface area contributed by atoms with E-state index >= 15 is 0 Å². The highest BCUT2D eigenvalue weighted by atomic mass is 19.1. The van der Waals surface area contributed by atoms with E-state index in [1.54, 1.807) is 13.0 Å². The lowest BCUT2D eigenvalue weighted by molar-refractivity contribution is -0.143. The first-order valence-corrected chi connectivity index (χ1v) is 6.15. The first-order valence-electron chi connectivity index (χ1n) is 6.15. The summed E-state index contributed by atoms with van der Waals surface area (Å²) in [5.74, 6) is -1.75. The van der Waals surface area contributed by atoms with Crippen molar-refractivity contribution in [1.82, 2.24) is 10.2 Å². The second kappa shape index (κ2) is 5.79. The number of benzene rings is 1. The summed E-state index contributed by atoms with van der Waals surface area (Å²) in [6.07, 6.45) is 0. The van der Waals surface area contributed by atoms with Gasteiger partial charge in [0.15, 0.2) is 0 Å². The number of carbonyl (C=O) groups is 2. The smallest absolute Gasteiger partial charge is 0.313 e. The number of anilines is 1. The van der Waals surface area contributed by atoms with Gasteiger partial charge in [0.05, 0.1) is 0 Å². The second-order valence-corrected chi connectivity index (χ2v) is 4.46. The predicted octanol–water partition coefficient (Wildman–Crippen LogP) is 0.504. The maximum atomic E-state index is 13.1. The molecule has 0 atom stereocenters. The van der Waals surface area contributed by atoms with Gasteiger partial charge in [0.1, 0.15) is 5.82 Å². The number of carbonyl (C=O) groups excluding carboxylic acids is 2. The Morgan fingerprint density at radius 1 is 1.32 bits per heavy atom. The third-order valence-corrected chi connectivity index (χ3v) is 3.05. The van der Waals surface area contributed by atoms with Crippen LogP contribution in [0.1, 0.15) is 5.56 Å². The van der Waals surface area contributed by atoms with E-state index in [0.717, 1.165) is 0 Å². The highest BCUT2D eigenvalue weighted by molar-refractivity contribution is 6.39. The average molecular weight is 265 g/mol. The van der Waals surface area contributed by atoms with Crippen LogP contribution >= 0.6 is 0 Å². The van der Waals surface area contributed by atoms with Crippen LogP contribution in [0.5, 0.6) is 0 Å². The van der Waals surface area contributed by atoms with Crippen molar-refractivity contribution in [2.45, 2.75) is 6.92 Å². The standard InChI is InChI=1S/C13H16FN3O2/c1-9-2-3-10(14)8-11(9)16-12(18)13(19)17-6-4-15-5-7-17/h2-3,8,15H,4-7H2,1H3,(H,16,18). The van der Waals surface area contributed by atoms with Gasteiger partial charge in [0.2, 0.25) is 0 Å². The summed E-state index contributed by atoms with van der Waals surface area (Å²) in [5.41, 5.74) is 1.04. The fourth-order valence-corrected chi connectivity index (χ4v) is 1.92. The van der Waals surface area contributed by atoms with Gasteiger partial charge in [0.25, 0.3) is 0 Å². The average Bonchev–Trinajstić information content (AvgIpc) is 2.43. The van der Waals surface area contributed by atoms with Crippen LogP contribution in [0.4, 0.5) is 10.1 Å². The quantitative estimate of drug-likeness (QED) is 0.727. The molecule has 102 valence electrons. The van der Waals surface area contributed by atoms with Crippen LogP contribution in [-0.4, -0.2) is 42.9 Å². The van der Waals surface area contributed by atoms with Crippen LogP contribution in [0.2, 0.25) is 0 Å². The van der Waals surface area contributed by atoms with Crippen LogP contribution in [-0.2, 0) is 9.59 Å². The number of piperazine rings is 1. The normalized spacial score (nSPS) is 15.2. The van der Waals surface area contributed by atoms with Crippen molar-refractivity contribution >= 4 is 17.5 Å². The molecule has 1 aliphatic rings. The van der Waals surface area contributed by atoms with Crippen molar-refractivity contribution in [2.75, 3.05) is 31.5 Å². The van der Waals surface area contributed by atoms with Crippen molar-refractivity contribution in [1.29, 1.82) is 0 Å². The molecule has 0 radical (unpaired) electrons. The minimum absolute atomic E-state index is 0.327. The molecule has 0 bridgehead atoms. The van der Waals surface area contributed by atoms with Gasteiger partial charge in [-0.15, -0.1) is 0 Å². The van der Waals surface area contributed by atoms with Crippen molar-refractivity contribution in [2.24, 2.45) is 0 Å². The first-order chi connectivity index (χ1) is 9.08. The number of hydrogen-bond acceptors (Lipinski definition) is 3. The molecule has 0 aromatic heterocycles. The molecule has 0 spiro atoms. The topological polar surface area (TPSA) is 61.4 Å². The Labute approximate surface area is 110 Å². The lowest BCUT2D eigenvalue weighted by Gasteiger charge is -2.26. The molecule has 1 aromatic rings. The van der Waals surface area contributed by atoms with Crippen LogP contribution in [0.3, 0.4) is 0 Å². The van der Waals surface area contributed by atoms with Gasteiger partial charge >= 0.3 is 11.8 Å². The lowest BCUT2D eigenvalue weighted by Crippen LogP contribution is -2.49. The number of aryl methyl sites for hydroxylation is 1. The number of amides is 2. The molecule has 0 aliphatic carbocycles. The maximum absolute atomic E-state index is 13.1. The van der Waals surface area contributed by atoms with E-state index in [2.05, 4.69) is 10.6 Å². The molecular formula is C13H16FN3O2. The summed E-state index contributed by atoms with van der Waals surface area (Å²) in [4.78, 5) is 25.2. The van der Waals surface area contributed by atoms with E-state index in [1.165, 1.54) is 17.0 Å². The zero-order valence-corrected chi connectivity index (χ0v) is 10.7. The summed E-state index contributed by atoms with van der Waals surface area (Å²) in [5, 5.41) is 5.56. The third kappa shape index (κ3) is 3.29. The summed E-state index contributed by atoms with van der Waals surface area (Å²) >= 11 is 0. The third-order valence-electron chi connectivity index (χ3n) is 3.05. The zero-order chi connectivity index (χ0) is 13.8. The van der Waals surface area contributed by atoms with Crippen molar-refractivity contribution in [3.8, 4) is 0 Å². The number of nitrogens with one attached hydrogen (secondary N) is 2. The fraction of sp³-hybridized carbons (Fsp3) is 0.385. The molecule has 1 heterocycles. The van der Waals surface area contributed by atoms with Crippen molar-refractivity contribution in [3.63, 3.8) is 0 Å². The highest BCUT2D eigenvalue weighted by Crippen LogP contribution is 2.16. The minimum Gasteiger partial charge on any atom is -0.332 e. The molecule has 5 nitrogen and oxygen atoms in total. The minimum atomic E-state index is -0.726. The summed E-state index contributed by atoms with van der Waals surface area (Å²) < 4.78 is 13.1. The number of rotatable bonds is 1. The molecule has 6 heteroatoms. The van der Waals surface area contributed by atoms with Crippen LogP contribution in [0.15, 0.2) is 18.2 Å². The second-order valence-electron chi connectivity index (χ2n) is 4.46. The highest BCUT2D eigenvalue weighted by Gasteiger charge is 2.23. The van der Waals surface area contributed by atoms with E-state index in [-0.39, 0.29) is 0 Å². The van der Waals surface area contributed by atoms with Crippen molar-refractivity contribution in [3.05, 3.63) is 29.6 Å². The van der Waals surface area contributed by atoms with Gasteiger partial charge in [-0.05, 0) is 24.6 Å². The van der Waals surface area contributed by atoms with Crippen LogP contribution in [0, 0.1) is 12.7 Å². The van der Waals surface area contributed by atoms with E-state index in [9.17, 15) is 14.0 Å². The number of halogens is 1. The SMILES string of the molecule is Cc1ccc(F)cc1NC(=O)C(=O)N1CCNCC1. The summed E-state index contributed by atoms with van der Waals surface area (Å²) in [6.45, 7) is 4.11. The number of nitrogens with zero attached hydrogens (tertiary/aromatic N) is 1. The first kappa shape index (κ1) is 13.5. The van der Waals surface area contributed by atoms with E-state index in [4.69, 9.17) is 0 Å². The molecule has 2 amide bonds. The molecule has 19 heavy (non-hydrogen) atoms. The maximum Gasteiger partial charge on any atom is 0.313 e. The monoisotopic (exact) mass is 265 g/mol. The summed E-state index contributed by atoms with van der Waals surface area (Å²) in [7, 11) is 0.